The van der Waals surface area contributed by atoms with Gasteiger partial charge in [-0.1, -0.05) is 42.5 Å². The molecule has 0 fully saturated rings. The van der Waals surface area contributed by atoms with Crippen molar-refractivity contribution in [1.29, 1.82) is 0 Å². The fraction of sp³-hybridized carbons (Fsp3) is 0.167. The maximum absolute atomic E-state index is 12.3. The van der Waals surface area contributed by atoms with Crippen LogP contribution in [0.15, 0.2) is 54.9 Å². The molecule has 3 nitrogen and oxygen atoms in total. The van der Waals surface area contributed by atoms with Crippen LogP contribution in [0.1, 0.15) is 16.8 Å². The first-order valence-corrected chi connectivity index (χ1v) is 7.02. The molecule has 106 valence electrons. The predicted molar refractivity (Wildman–Crippen MR) is 84.4 cm³/mol. The van der Waals surface area contributed by atoms with Gasteiger partial charge in [0.25, 0.3) is 6.33 Å². The van der Waals surface area contributed by atoms with Gasteiger partial charge in [-0.3, -0.25) is 0 Å². The van der Waals surface area contributed by atoms with Crippen LogP contribution in [-0.4, -0.2) is 4.57 Å². The third-order valence-electron chi connectivity index (χ3n) is 4.03. The lowest BCUT2D eigenvalue weighted by atomic mass is 10.1. The van der Waals surface area contributed by atoms with Crippen molar-refractivity contribution in [2.45, 2.75) is 20.8 Å². The second-order valence-electron chi connectivity index (χ2n) is 5.33. The summed E-state index contributed by atoms with van der Waals surface area (Å²) in [5.41, 5.74) is 6.06. The summed E-state index contributed by atoms with van der Waals surface area (Å²) >= 11 is 0. The molecule has 0 unspecified atom stereocenters. The van der Waals surface area contributed by atoms with Gasteiger partial charge in [-0.05, 0) is 31.0 Å². The van der Waals surface area contributed by atoms with E-state index in [1.54, 1.807) is 6.33 Å². The van der Waals surface area contributed by atoms with Crippen molar-refractivity contribution in [3.63, 3.8) is 0 Å². The van der Waals surface area contributed by atoms with E-state index in [2.05, 4.69) is 19.9 Å². The van der Waals surface area contributed by atoms with Crippen LogP contribution in [0.5, 0.6) is 0 Å². The normalized spacial score (nSPS) is 10.8. The van der Waals surface area contributed by atoms with E-state index in [4.69, 9.17) is 0 Å². The average molecular weight is 278 g/mol. The lowest BCUT2D eigenvalue weighted by molar-refractivity contribution is -0.593. The van der Waals surface area contributed by atoms with Crippen LogP contribution in [0.4, 0.5) is 0 Å². The predicted octanol–water partition coefficient (Wildman–Crippen LogP) is 3.70. The van der Waals surface area contributed by atoms with Crippen LogP contribution < -0.4 is 4.73 Å². The highest BCUT2D eigenvalue weighted by molar-refractivity contribution is 5.60. The summed E-state index contributed by atoms with van der Waals surface area (Å²) in [6.07, 6.45) is 1.61. The number of benzene rings is 2. The van der Waals surface area contributed by atoms with E-state index in [-0.39, 0.29) is 0 Å². The van der Waals surface area contributed by atoms with Crippen LogP contribution in [0.2, 0.25) is 0 Å². The number of hydrogen-bond donors (Lipinski definition) is 0. The lowest BCUT2D eigenvalue weighted by Gasteiger charge is -2.05. The maximum Gasteiger partial charge on any atom is 0.252 e. The molecule has 0 amide bonds. The molecule has 1 heterocycles. The van der Waals surface area contributed by atoms with Crippen LogP contribution >= 0.6 is 0 Å². The number of aryl methyl sites for hydroxylation is 1. The number of imidazole rings is 1. The number of aromatic nitrogens is 2. The van der Waals surface area contributed by atoms with E-state index < -0.39 is 0 Å². The highest BCUT2D eigenvalue weighted by Gasteiger charge is 2.20. The van der Waals surface area contributed by atoms with E-state index in [9.17, 15) is 5.21 Å². The molecule has 3 heteroatoms. The third-order valence-corrected chi connectivity index (χ3v) is 4.03. The van der Waals surface area contributed by atoms with Crippen molar-refractivity contribution in [2.24, 2.45) is 0 Å². The zero-order chi connectivity index (χ0) is 15.0. The van der Waals surface area contributed by atoms with Crippen molar-refractivity contribution in [1.82, 2.24) is 4.57 Å². The first-order chi connectivity index (χ1) is 10.1. The summed E-state index contributed by atoms with van der Waals surface area (Å²) in [7, 11) is 0. The molecule has 0 saturated heterocycles. The quantitative estimate of drug-likeness (QED) is 0.519. The summed E-state index contributed by atoms with van der Waals surface area (Å²) in [5.74, 6) is 0. The second-order valence-corrected chi connectivity index (χ2v) is 5.33. The smallest absolute Gasteiger partial charge is 0.252 e. The number of hydrogen-bond acceptors (Lipinski definition) is 1. The maximum atomic E-state index is 12.3. The first-order valence-electron chi connectivity index (χ1n) is 7.02. The molecule has 1 aromatic heterocycles. The number of nitrogens with zero attached hydrogens (tertiary/aromatic N) is 2. The molecule has 0 radical (unpaired) electrons. The zero-order valence-electron chi connectivity index (χ0n) is 12.5. The van der Waals surface area contributed by atoms with Gasteiger partial charge in [0, 0.05) is 12.5 Å². The molecule has 0 atom stereocenters. The zero-order valence-corrected chi connectivity index (χ0v) is 12.5. The minimum absolute atomic E-state index is 0.705. The van der Waals surface area contributed by atoms with Gasteiger partial charge in [-0.15, -0.1) is 0 Å². The van der Waals surface area contributed by atoms with Crippen LogP contribution in [-0.2, 0) is 0 Å². The topological polar surface area (TPSA) is 31.9 Å². The molecule has 0 aliphatic carbocycles. The van der Waals surface area contributed by atoms with Crippen molar-refractivity contribution < 1.29 is 4.73 Å². The van der Waals surface area contributed by atoms with E-state index in [0.29, 0.717) is 5.69 Å². The standard InChI is InChI=1S/C18H18N2O/c1-13-8-7-11-17(14(13)2)19-12-20(21)18(15(19)3)16-9-5-4-6-10-16/h4-12H,1-3H3. The SMILES string of the molecule is Cc1cccc(-n2c[n+]([O-])c(-c3ccccc3)c2C)c1C. The van der Waals surface area contributed by atoms with Crippen molar-refractivity contribution in [2.75, 3.05) is 0 Å². The molecule has 0 spiro atoms. The Balaban J connectivity index is 2.21. The summed E-state index contributed by atoms with van der Waals surface area (Å²) in [6.45, 7) is 6.15. The van der Waals surface area contributed by atoms with Crippen molar-refractivity contribution >= 4 is 0 Å². The summed E-state index contributed by atoms with van der Waals surface area (Å²) in [5, 5.41) is 12.3. The minimum atomic E-state index is 0.705. The Morgan fingerprint density at radius 3 is 2.33 bits per heavy atom. The van der Waals surface area contributed by atoms with Gasteiger partial charge in [0.1, 0.15) is 5.69 Å². The van der Waals surface area contributed by atoms with Gasteiger partial charge in [0.05, 0.1) is 0 Å². The van der Waals surface area contributed by atoms with E-state index in [1.807, 2.05) is 54.0 Å². The van der Waals surface area contributed by atoms with Crippen LogP contribution in [0.25, 0.3) is 16.9 Å². The molecule has 3 rings (SSSR count). The summed E-state index contributed by atoms with van der Waals surface area (Å²) in [6, 6.07) is 15.9. The third kappa shape index (κ3) is 2.21. The highest BCUT2D eigenvalue weighted by atomic mass is 16.5. The Labute approximate surface area is 124 Å². The molecular formula is C18H18N2O. The number of rotatable bonds is 2. The van der Waals surface area contributed by atoms with Crippen LogP contribution in [0.3, 0.4) is 0 Å². The Morgan fingerprint density at radius 2 is 1.62 bits per heavy atom. The molecule has 3 aromatic rings. The molecule has 0 saturated carbocycles. The van der Waals surface area contributed by atoms with E-state index >= 15 is 0 Å². The van der Waals surface area contributed by atoms with Gasteiger partial charge >= 0.3 is 0 Å². The lowest BCUT2D eigenvalue weighted by Crippen LogP contribution is -2.25. The monoisotopic (exact) mass is 278 g/mol. The fourth-order valence-electron chi connectivity index (χ4n) is 2.69. The minimum Gasteiger partial charge on any atom is -0.710 e. The molecule has 2 aromatic carbocycles. The molecule has 0 aliphatic rings. The average Bonchev–Trinajstić information content (AvgIpc) is 2.78. The van der Waals surface area contributed by atoms with Gasteiger partial charge < -0.3 is 5.21 Å². The van der Waals surface area contributed by atoms with Gasteiger partial charge in [-0.25, -0.2) is 4.73 Å². The molecule has 0 bridgehead atoms. The summed E-state index contributed by atoms with van der Waals surface area (Å²) < 4.78 is 2.92. The molecular weight excluding hydrogens is 260 g/mol. The largest absolute Gasteiger partial charge is 0.710 e. The van der Waals surface area contributed by atoms with Crippen molar-refractivity contribution in [3.8, 4) is 16.9 Å². The Hall–Kier alpha value is -2.55. The Bertz CT molecular complexity index is 788. The van der Waals surface area contributed by atoms with Gasteiger partial charge in [0.2, 0.25) is 0 Å². The molecule has 0 aliphatic heterocycles. The Morgan fingerprint density at radius 1 is 0.905 bits per heavy atom. The van der Waals surface area contributed by atoms with Gasteiger partial charge in [-0.2, -0.15) is 4.57 Å². The van der Waals surface area contributed by atoms with E-state index in [1.165, 1.54) is 11.1 Å². The molecule has 21 heavy (non-hydrogen) atoms. The van der Waals surface area contributed by atoms with Gasteiger partial charge in [0.15, 0.2) is 11.4 Å². The van der Waals surface area contributed by atoms with Crippen molar-refractivity contribution in [3.05, 3.63) is 76.9 Å². The fourth-order valence-corrected chi connectivity index (χ4v) is 2.69. The van der Waals surface area contributed by atoms with Crippen LogP contribution in [0, 0.1) is 26.0 Å². The first kappa shape index (κ1) is 13.4. The Kier molecular flexibility index (Phi) is 3.26. The second kappa shape index (κ2) is 5.09. The van der Waals surface area contributed by atoms with E-state index in [0.717, 1.165) is 21.7 Å². The molecule has 0 N–H and O–H groups in total. The highest BCUT2D eigenvalue weighted by Crippen LogP contribution is 2.24. The summed E-state index contributed by atoms with van der Waals surface area (Å²) in [4.78, 5) is 0.